The minimum atomic E-state index is -1.15. The predicted molar refractivity (Wildman–Crippen MR) is 78.3 cm³/mol. The van der Waals surface area contributed by atoms with Crippen LogP contribution in [0.25, 0.3) is 0 Å². The Morgan fingerprint density at radius 3 is 2.33 bits per heavy atom. The standard InChI is InChI=1S/C15H22N2O4/c1-15(2,3)21-14(20)17(13(19)12(16)10-18)9-11-7-5-4-6-8-11/h4-8,12,18H,9-10,16H2,1-3H3. The van der Waals surface area contributed by atoms with Gasteiger partial charge in [-0.3, -0.25) is 4.79 Å². The van der Waals surface area contributed by atoms with Crippen LogP contribution in [-0.4, -0.2) is 40.3 Å². The highest BCUT2D eigenvalue weighted by Crippen LogP contribution is 2.13. The molecule has 0 fully saturated rings. The summed E-state index contributed by atoms with van der Waals surface area (Å²) >= 11 is 0. The summed E-state index contributed by atoms with van der Waals surface area (Å²) in [7, 11) is 0. The van der Waals surface area contributed by atoms with Gasteiger partial charge in [-0.15, -0.1) is 0 Å². The first-order chi connectivity index (χ1) is 9.74. The van der Waals surface area contributed by atoms with E-state index in [2.05, 4.69) is 0 Å². The summed E-state index contributed by atoms with van der Waals surface area (Å²) in [5, 5.41) is 9.01. The molecule has 0 saturated heterocycles. The van der Waals surface area contributed by atoms with Gasteiger partial charge in [-0.1, -0.05) is 30.3 Å². The lowest BCUT2D eigenvalue weighted by Gasteiger charge is -2.27. The highest BCUT2D eigenvalue weighted by atomic mass is 16.6. The molecule has 0 heterocycles. The summed E-state index contributed by atoms with van der Waals surface area (Å²) in [6.45, 7) is 4.64. The third kappa shape index (κ3) is 5.53. The average Bonchev–Trinajstić information content (AvgIpc) is 2.42. The van der Waals surface area contributed by atoms with E-state index < -0.39 is 30.3 Å². The fourth-order valence-corrected chi connectivity index (χ4v) is 1.59. The maximum absolute atomic E-state index is 12.2. The molecule has 3 N–H and O–H groups in total. The molecule has 0 bridgehead atoms. The summed E-state index contributed by atoms with van der Waals surface area (Å²) < 4.78 is 5.22. The van der Waals surface area contributed by atoms with Crippen LogP contribution < -0.4 is 5.73 Å². The minimum absolute atomic E-state index is 0.0439. The Labute approximate surface area is 124 Å². The molecule has 1 unspecified atom stereocenters. The monoisotopic (exact) mass is 294 g/mol. The molecule has 1 aromatic carbocycles. The first kappa shape index (κ1) is 17.1. The molecule has 0 aromatic heterocycles. The second-order valence-corrected chi connectivity index (χ2v) is 5.68. The summed E-state index contributed by atoms with van der Waals surface area (Å²) in [4.78, 5) is 25.2. The number of imide groups is 1. The average molecular weight is 294 g/mol. The predicted octanol–water partition coefficient (Wildman–Crippen LogP) is 1.27. The highest BCUT2D eigenvalue weighted by Gasteiger charge is 2.30. The van der Waals surface area contributed by atoms with Crippen LogP contribution in [0.4, 0.5) is 4.79 Å². The topological polar surface area (TPSA) is 92.9 Å². The number of carbonyl (C=O) groups excluding carboxylic acids is 2. The lowest BCUT2D eigenvalue weighted by atomic mass is 10.2. The van der Waals surface area contributed by atoms with Crippen molar-refractivity contribution in [1.82, 2.24) is 4.90 Å². The van der Waals surface area contributed by atoms with Crippen LogP contribution in [0.15, 0.2) is 30.3 Å². The van der Waals surface area contributed by atoms with Gasteiger partial charge in [0.05, 0.1) is 13.2 Å². The number of hydrogen-bond acceptors (Lipinski definition) is 5. The largest absolute Gasteiger partial charge is 0.443 e. The number of hydrogen-bond donors (Lipinski definition) is 2. The van der Waals surface area contributed by atoms with E-state index in [4.69, 9.17) is 15.6 Å². The number of amides is 2. The summed E-state index contributed by atoms with van der Waals surface area (Å²) in [6, 6.07) is 7.87. The van der Waals surface area contributed by atoms with E-state index in [9.17, 15) is 9.59 Å². The third-order valence-corrected chi connectivity index (χ3v) is 2.58. The van der Waals surface area contributed by atoms with Gasteiger partial charge in [-0.05, 0) is 26.3 Å². The molecule has 0 aliphatic rings. The molecule has 2 amide bonds. The van der Waals surface area contributed by atoms with Crippen LogP contribution in [0.3, 0.4) is 0 Å². The maximum atomic E-state index is 12.2. The van der Waals surface area contributed by atoms with Crippen LogP contribution in [0.1, 0.15) is 26.3 Å². The molecule has 6 nitrogen and oxygen atoms in total. The summed E-state index contributed by atoms with van der Waals surface area (Å²) in [6.07, 6.45) is -0.778. The van der Waals surface area contributed by atoms with Crippen LogP contribution in [0.5, 0.6) is 0 Å². The first-order valence-corrected chi connectivity index (χ1v) is 6.69. The molecule has 116 valence electrons. The van der Waals surface area contributed by atoms with E-state index in [-0.39, 0.29) is 6.54 Å². The van der Waals surface area contributed by atoms with Gasteiger partial charge in [0.2, 0.25) is 0 Å². The van der Waals surface area contributed by atoms with Gasteiger partial charge in [0.25, 0.3) is 5.91 Å². The fraction of sp³-hybridized carbons (Fsp3) is 0.467. The van der Waals surface area contributed by atoms with E-state index in [0.717, 1.165) is 10.5 Å². The van der Waals surface area contributed by atoms with Gasteiger partial charge in [-0.25, -0.2) is 9.69 Å². The van der Waals surface area contributed by atoms with Crippen LogP contribution in [0.2, 0.25) is 0 Å². The van der Waals surface area contributed by atoms with Gasteiger partial charge in [-0.2, -0.15) is 0 Å². The third-order valence-electron chi connectivity index (χ3n) is 2.58. The SMILES string of the molecule is CC(C)(C)OC(=O)N(Cc1ccccc1)C(=O)C(N)CO. The lowest BCUT2D eigenvalue weighted by Crippen LogP contribution is -2.49. The maximum Gasteiger partial charge on any atom is 0.417 e. The van der Waals surface area contributed by atoms with Gasteiger partial charge >= 0.3 is 6.09 Å². The Bertz CT molecular complexity index is 482. The number of aliphatic hydroxyl groups excluding tert-OH is 1. The number of nitrogens with two attached hydrogens (primary N) is 1. The van der Waals surface area contributed by atoms with Gasteiger partial charge in [0.1, 0.15) is 11.6 Å². The van der Waals surface area contributed by atoms with Crippen molar-refractivity contribution in [3.8, 4) is 0 Å². The van der Waals surface area contributed by atoms with Crippen molar-refractivity contribution < 1.29 is 19.4 Å². The van der Waals surface area contributed by atoms with E-state index in [1.165, 1.54) is 0 Å². The van der Waals surface area contributed by atoms with Crippen molar-refractivity contribution in [2.75, 3.05) is 6.61 Å². The molecule has 6 heteroatoms. The second kappa shape index (κ2) is 7.19. The van der Waals surface area contributed by atoms with Gasteiger partial charge < -0.3 is 15.6 Å². The van der Waals surface area contributed by atoms with Crippen LogP contribution in [0, 0.1) is 0 Å². The van der Waals surface area contributed by atoms with Crippen LogP contribution >= 0.6 is 0 Å². The fourth-order valence-electron chi connectivity index (χ4n) is 1.59. The second-order valence-electron chi connectivity index (χ2n) is 5.68. The van der Waals surface area contributed by atoms with Crippen molar-refractivity contribution in [1.29, 1.82) is 0 Å². The van der Waals surface area contributed by atoms with Crippen molar-refractivity contribution >= 4 is 12.0 Å². The Kier molecular flexibility index (Phi) is 5.87. The summed E-state index contributed by atoms with van der Waals surface area (Å²) in [5.74, 6) is -0.671. The Balaban J connectivity index is 2.94. The zero-order valence-corrected chi connectivity index (χ0v) is 12.6. The minimum Gasteiger partial charge on any atom is -0.443 e. The molecular formula is C15H22N2O4. The van der Waals surface area contributed by atoms with Gasteiger partial charge in [0, 0.05) is 0 Å². The van der Waals surface area contributed by atoms with Crippen molar-refractivity contribution in [2.24, 2.45) is 5.73 Å². The molecule has 21 heavy (non-hydrogen) atoms. The molecule has 0 aliphatic carbocycles. The molecular weight excluding hydrogens is 272 g/mol. The number of rotatable bonds is 4. The lowest BCUT2D eigenvalue weighted by molar-refractivity contribution is -0.133. The Morgan fingerprint density at radius 2 is 1.86 bits per heavy atom. The number of carbonyl (C=O) groups is 2. The highest BCUT2D eigenvalue weighted by molar-refractivity contribution is 5.95. The van der Waals surface area contributed by atoms with E-state index in [1.807, 2.05) is 6.07 Å². The molecule has 1 aromatic rings. The number of aliphatic hydroxyl groups is 1. The van der Waals surface area contributed by atoms with Crippen molar-refractivity contribution in [3.63, 3.8) is 0 Å². The number of nitrogens with zero attached hydrogens (tertiary/aromatic N) is 1. The van der Waals surface area contributed by atoms with E-state index >= 15 is 0 Å². The molecule has 0 radical (unpaired) electrons. The van der Waals surface area contributed by atoms with E-state index in [1.54, 1.807) is 45.0 Å². The molecule has 1 atom stereocenters. The zero-order chi connectivity index (χ0) is 16.0. The molecule has 0 aliphatic heterocycles. The van der Waals surface area contributed by atoms with Crippen molar-refractivity contribution in [2.45, 2.75) is 39.0 Å². The first-order valence-electron chi connectivity index (χ1n) is 6.69. The zero-order valence-electron chi connectivity index (χ0n) is 12.6. The molecule has 0 spiro atoms. The van der Waals surface area contributed by atoms with Crippen molar-refractivity contribution in [3.05, 3.63) is 35.9 Å². The number of benzene rings is 1. The molecule has 1 rings (SSSR count). The van der Waals surface area contributed by atoms with Gasteiger partial charge in [0.15, 0.2) is 0 Å². The normalized spacial score (nSPS) is 12.6. The molecule has 0 saturated carbocycles. The van der Waals surface area contributed by atoms with E-state index in [0.29, 0.717) is 0 Å². The summed E-state index contributed by atoms with van der Waals surface area (Å²) in [5.41, 5.74) is 5.56. The Morgan fingerprint density at radius 1 is 1.29 bits per heavy atom. The number of ether oxygens (including phenoxy) is 1. The van der Waals surface area contributed by atoms with Crippen LogP contribution in [-0.2, 0) is 16.1 Å². The Hall–Kier alpha value is -1.92. The quantitative estimate of drug-likeness (QED) is 0.872. The smallest absolute Gasteiger partial charge is 0.417 e.